The summed E-state index contributed by atoms with van der Waals surface area (Å²) in [6.07, 6.45) is -4.78. The first kappa shape index (κ1) is 23.8. The van der Waals surface area contributed by atoms with Gasteiger partial charge in [-0.3, -0.25) is 9.48 Å². The van der Waals surface area contributed by atoms with Gasteiger partial charge < -0.3 is 10.4 Å². The van der Waals surface area contributed by atoms with Gasteiger partial charge in [0.15, 0.2) is 0 Å². The van der Waals surface area contributed by atoms with Crippen LogP contribution in [-0.2, 0) is 12.7 Å². The molecule has 2 heterocycles. The number of pyridine rings is 1. The quantitative estimate of drug-likeness (QED) is 0.335. The van der Waals surface area contributed by atoms with E-state index in [1.54, 1.807) is 42.8 Å². The smallest absolute Gasteiger partial charge is 0.433 e. The summed E-state index contributed by atoms with van der Waals surface area (Å²) in [4.78, 5) is 16.8. The molecule has 0 radical (unpaired) electrons. The standard InChI is InChI=1S/C23H17Cl2F3N4O2/c1-11-20(12(2)32(31-11)10-13-3-5-15(33)6-4-13)30-22(34)17-9-19(23(26,27)28)29-21-16(17)7-14(24)8-18(21)25/h3-9,33H,10H2,1-2H3,(H,30,34). The van der Waals surface area contributed by atoms with Gasteiger partial charge in [0.05, 0.1) is 39.7 Å². The van der Waals surface area contributed by atoms with Gasteiger partial charge in [0.1, 0.15) is 11.4 Å². The van der Waals surface area contributed by atoms with Gasteiger partial charge in [0.25, 0.3) is 5.91 Å². The number of rotatable bonds is 4. The number of carbonyl (C=O) groups is 1. The van der Waals surface area contributed by atoms with Crippen molar-refractivity contribution in [3.05, 3.63) is 80.7 Å². The molecule has 0 aliphatic heterocycles. The fourth-order valence-corrected chi connectivity index (χ4v) is 4.11. The molecule has 1 amide bonds. The molecule has 0 atom stereocenters. The Bertz CT molecular complexity index is 1420. The second kappa shape index (κ2) is 8.81. The van der Waals surface area contributed by atoms with Gasteiger partial charge in [-0.05, 0) is 49.7 Å². The Morgan fingerprint density at radius 1 is 1.12 bits per heavy atom. The molecule has 0 unspecified atom stereocenters. The lowest BCUT2D eigenvalue weighted by Crippen LogP contribution is -2.17. The normalized spacial score (nSPS) is 11.7. The Labute approximate surface area is 201 Å². The zero-order valence-electron chi connectivity index (χ0n) is 17.8. The fraction of sp³-hybridized carbons (Fsp3) is 0.174. The number of amides is 1. The lowest BCUT2D eigenvalue weighted by atomic mass is 10.1. The molecule has 0 saturated heterocycles. The van der Waals surface area contributed by atoms with Crippen molar-refractivity contribution in [3.8, 4) is 5.75 Å². The third kappa shape index (κ3) is 4.67. The van der Waals surface area contributed by atoms with Gasteiger partial charge in [-0.1, -0.05) is 35.3 Å². The van der Waals surface area contributed by atoms with Crippen LogP contribution >= 0.6 is 23.2 Å². The minimum atomic E-state index is -4.78. The van der Waals surface area contributed by atoms with Crippen LogP contribution in [0.3, 0.4) is 0 Å². The van der Waals surface area contributed by atoms with Crippen LogP contribution in [0.1, 0.15) is 33.0 Å². The molecular formula is C23H17Cl2F3N4O2. The number of benzene rings is 2. The van der Waals surface area contributed by atoms with Crippen LogP contribution in [0, 0.1) is 13.8 Å². The Hall–Kier alpha value is -3.30. The van der Waals surface area contributed by atoms with Crippen molar-refractivity contribution in [1.29, 1.82) is 0 Å². The zero-order chi connectivity index (χ0) is 24.8. The van der Waals surface area contributed by atoms with Gasteiger partial charge in [0, 0.05) is 10.4 Å². The second-order valence-electron chi connectivity index (χ2n) is 7.66. The third-order valence-electron chi connectivity index (χ3n) is 5.26. The van der Waals surface area contributed by atoms with Crippen LogP contribution in [0.4, 0.5) is 18.9 Å². The number of hydrogen-bond acceptors (Lipinski definition) is 4. The number of anilines is 1. The number of alkyl halides is 3. The van der Waals surface area contributed by atoms with E-state index in [4.69, 9.17) is 23.2 Å². The Morgan fingerprint density at radius 2 is 1.79 bits per heavy atom. The lowest BCUT2D eigenvalue weighted by Gasteiger charge is -2.13. The minimum absolute atomic E-state index is 0.0924. The van der Waals surface area contributed by atoms with E-state index >= 15 is 0 Å². The largest absolute Gasteiger partial charge is 0.508 e. The van der Waals surface area contributed by atoms with Gasteiger partial charge in [-0.2, -0.15) is 18.3 Å². The molecule has 0 fully saturated rings. The van der Waals surface area contributed by atoms with Crippen molar-refractivity contribution >= 4 is 45.7 Å². The fourth-order valence-electron chi connectivity index (χ4n) is 3.57. The molecule has 11 heteroatoms. The number of fused-ring (bicyclic) bond motifs is 1. The van der Waals surface area contributed by atoms with Gasteiger partial charge in [0.2, 0.25) is 0 Å². The summed E-state index contributed by atoms with van der Waals surface area (Å²) < 4.78 is 42.1. The molecule has 0 saturated carbocycles. The van der Waals surface area contributed by atoms with Crippen LogP contribution in [-0.4, -0.2) is 25.8 Å². The van der Waals surface area contributed by atoms with Crippen LogP contribution in [0.15, 0.2) is 42.5 Å². The van der Waals surface area contributed by atoms with E-state index in [-0.39, 0.29) is 32.3 Å². The zero-order valence-corrected chi connectivity index (χ0v) is 19.3. The molecule has 0 aliphatic carbocycles. The number of nitrogens with one attached hydrogen (secondary N) is 1. The number of aromatic nitrogens is 3. The SMILES string of the molecule is Cc1nn(Cc2ccc(O)cc2)c(C)c1NC(=O)c1cc(C(F)(F)F)nc2c(Cl)cc(Cl)cc12. The molecule has 6 nitrogen and oxygen atoms in total. The first-order valence-electron chi connectivity index (χ1n) is 9.94. The van der Waals surface area contributed by atoms with E-state index in [9.17, 15) is 23.1 Å². The van der Waals surface area contributed by atoms with Gasteiger partial charge in [-0.15, -0.1) is 0 Å². The third-order valence-corrected chi connectivity index (χ3v) is 5.76. The summed E-state index contributed by atoms with van der Waals surface area (Å²) in [5.41, 5.74) is 0.621. The maximum absolute atomic E-state index is 13.5. The molecule has 0 aliphatic rings. The molecule has 176 valence electrons. The van der Waals surface area contributed by atoms with E-state index < -0.39 is 17.8 Å². The minimum Gasteiger partial charge on any atom is -0.508 e. The Morgan fingerprint density at radius 3 is 2.44 bits per heavy atom. The van der Waals surface area contributed by atoms with Crippen LogP contribution in [0.2, 0.25) is 10.0 Å². The maximum atomic E-state index is 13.5. The van der Waals surface area contributed by atoms with E-state index in [1.165, 1.54) is 12.1 Å². The molecule has 2 aromatic carbocycles. The van der Waals surface area contributed by atoms with E-state index in [0.29, 0.717) is 29.7 Å². The van der Waals surface area contributed by atoms with Crippen LogP contribution < -0.4 is 5.32 Å². The van der Waals surface area contributed by atoms with Crippen molar-refractivity contribution in [2.75, 3.05) is 5.32 Å². The predicted octanol–water partition coefficient (Wildman–Crippen LogP) is 6.38. The van der Waals surface area contributed by atoms with E-state index in [2.05, 4.69) is 15.4 Å². The van der Waals surface area contributed by atoms with Crippen molar-refractivity contribution in [2.45, 2.75) is 26.6 Å². The number of phenols is 1. The Balaban J connectivity index is 1.74. The number of carbonyl (C=O) groups excluding carboxylic acids is 1. The number of phenolic OH excluding ortho intramolecular Hbond substituents is 1. The number of aromatic hydroxyl groups is 1. The summed E-state index contributed by atoms with van der Waals surface area (Å²) in [6, 6.07) is 9.86. The van der Waals surface area contributed by atoms with Crippen molar-refractivity contribution in [2.24, 2.45) is 0 Å². The van der Waals surface area contributed by atoms with Gasteiger partial charge >= 0.3 is 6.18 Å². The van der Waals surface area contributed by atoms with E-state index in [0.717, 1.165) is 5.56 Å². The molecular weight excluding hydrogens is 492 g/mol. The summed E-state index contributed by atoms with van der Waals surface area (Å²) in [5.74, 6) is -0.653. The van der Waals surface area contributed by atoms with Crippen LogP contribution in [0.5, 0.6) is 5.75 Å². The lowest BCUT2D eigenvalue weighted by molar-refractivity contribution is -0.140. The highest BCUT2D eigenvalue weighted by Crippen LogP contribution is 2.35. The molecule has 0 bridgehead atoms. The molecule has 0 spiro atoms. The average molecular weight is 509 g/mol. The molecule has 2 N–H and O–H groups in total. The number of hydrogen-bond donors (Lipinski definition) is 2. The second-order valence-corrected chi connectivity index (χ2v) is 8.50. The number of aryl methyl sites for hydroxylation is 1. The predicted molar refractivity (Wildman–Crippen MR) is 124 cm³/mol. The van der Waals surface area contributed by atoms with E-state index in [1.807, 2.05) is 0 Å². The number of nitrogens with zero attached hydrogens (tertiary/aromatic N) is 3. The summed E-state index contributed by atoms with van der Waals surface area (Å²) in [6.45, 7) is 3.77. The van der Waals surface area contributed by atoms with Crippen molar-refractivity contribution in [1.82, 2.24) is 14.8 Å². The topological polar surface area (TPSA) is 80.0 Å². The van der Waals surface area contributed by atoms with Crippen molar-refractivity contribution in [3.63, 3.8) is 0 Å². The summed E-state index contributed by atoms with van der Waals surface area (Å²) >= 11 is 12.1. The maximum Gasteiger partial charge on any atom is 0.433 e. The summed E-state index contributed by atoms with van der Waals surface area (Å²) in [7, 11) is 0. The first-order valence-corrected chi connectivity index (χ1v) is 10.7. The molecule has 4 rings (SSSR count). The highest BCUT2D eigenvalue weighted by molar-refractivity contribution is 6.39. The van der Waals surface area contributed by atoms with Crippen LogP contribution in [0.25, 0.3) is 10.9 Å². The first-order chi connectivity index (χ1) is 15.9. The monoisotopic (exact) mass is 508 g/mol. The highest BCUT2D eigenvalue weighted by Gasteiger charge is 2.34. The van der Waals surface area contributed by atoms with Crippen molar-refractivity contribution < 1.29 is 23.1 Å². The average Bonchev–Trinajstić information content (AvgIpc) is 3.01. The molecule has 2 aromatic heterocycles. The summed E-state index contributed by atoms with van der Waals surface area (Å²) in [5, 5.41) is 16.7. The molecule has 34 heavy (non-hydrogen) atoms. The van der Waals surface area contributed by atoms with Gasteiger partial charge in [-0.25, -0.2) is 4.98 Å². The Kier molecular flexibility index (Phi) is 6.18. The highest BCUT2D eigenvalue weighted by atomic mass is 35.5. The number of halogens is 5. The molecule has 4 aromatic rings.